The maximum absolute atomic E-state index is 6.29. The number of rotatable bonds is 3. The molecule has 7 rings (SSSR count). The molecule has 35 heavy (non-hydrogen) atoms. The monoisotopic (exact) mass is 448 g/mol. The Bertz CT molecular complexity index is 1650. The number of fused-ring (bicyclic) bond motifs is 2. The molecule has 1 aromatic heterocycles. The second-order valence-corrected chi connectivity index (χ2v) is 8.67. The highest BCUT2D eigenvalue weighted by molar-refractivity contribution is 6.04. The van der Waals surface area contributed by atoms with Gasteiger partial charge in [-0.25, -0.2) is 9.97 Å². The van der Waals surface area contributed by atoms with Gasteiger partial charge >= 0.3 is 0 Å². The Kier molecular flexibility index (Phi) is 4.46. The quantitative estimate of drug-likeness (QED) is 0.272. The number of aromatic nitrogens is 2. The smallest absolute Gasteiger partial charge is 0.160 e. The summed E-state index contributed by atoms with van der Waals surface area (Å²) in [5, 5.41) is 2.33. The van der Waals surface area contributed by atoms with Gasteiger partial charge in [-0.05, 0) is 41.3 Å². The van der Waals surface area contributed by atoms with Gasteiger partial charge in [0.2, 0.25) is 0 Å². The van der Waals surface area contributed by atoms with Crippen LogP contribution in [0.2, 0.25) is 0 Å². The van der Waals surface area contributed by atoms with E-state index in [0.717, 1.165) is 50.5 Å². The van der Waals surface area contributed by atoms with Crippen LogP contribution in [0.4, 0.5) is 0 Å². The van der Waals surface area contributed by atoms with Crippen LogP contribution in [0.1, 0.15) is 0 Å². The van der Waals surface area contributed by atoms with E-state index in [1.165, 1.54) is 10.9 Å². The Balaban J connectivity index is 1.43. The van der Waals surface area contributed by atoms with Crippen LogP contribution in [-0.4, -0.2) is 9.97 Å². The number of nitrogens with zero attached hydrogens (tertiary/aromatic N) is 2. The predicted molar refractivity (Wildman–Crippen MR) is 141 cm³/mol. The van der Waals surface area contributed by atoms with Crippen molar-refractivity contribution in [3.63, 3.8) is 0 Å². The van der Waals surface area contributed by atoms with Crippen LogP contribution < -0.4 is 4.74 Å². The van der Waals surface area contributed by atoms with Crippen molar-refractivity contribution in [1.29, 1.82) is 0 Å². The average molecular weight is 449 g/mol. The zero-order chi connectivity index (χ0) is 23.2. The number of hydrogen-bond donors (Lipinski definition) is 0. The SMILES string of the molecule is c1ccc(-c2cc(-c3ccc4c(c3)-c3cccc5cccc(c35)O4)nc(-c3ccccc3)n2)cc1. The lowest BCUT2D eigenvalue weighted by Gasteiger charge is -2.22. The third kappa shape index (κ3) is 3.37. The van der Waals surface area contributed by atoms with E-state index < -0.39 is 0 Å². The largest absolute Gasteiger partial charge is 0.456 e. The summed E-state index contributed by atoms with van der Waals surface area (Å²) < 4.78 is 6.29. The zero-order valence-corrected chi connectivity index (χ0v) is 18.8. The van der Waals surface area contributed by atoms with Gasteiger partial charge in [0.25, 0.3) is 0 Å². The molecular formula is C32H20N2O. The Morgan fingerprint density at radius 1 is 0.457 bits per heavy atom. The van der Waals surface area contributed by atoms with Gasteiger partial charge in [0, 0.05) is 27.6 Å². The number of ether oxygens (including phenoxy) is 1. The molecule has 3 nitrogen and oxygen atoms in total. The molecule has 0 bridgehead atoms. The molecule has 1 aliphatic rings. The standard InChI is InChI=1S/C32H20N2O/c1-3-9-21(10-4-1)27-20-28(34-32(33-27)23-11-5-2-6-12-23)24-17-18-29-26(19-24)25-15-7-13-22-14-8-16-30(35-29)31(22)25/h1-20H. The maximum Gasteiger partial charge on any atom is 0.160 e. The van der Waals surface area contributed by atoms with Crippen molar-refractivity contribution < 1.29 is 4.74 Å². The van der Waals surface area contributed by atoms with Crippen molar-refractivity contribution in [1.82, 2.24) is 9.97 Å². The van der Waals surface area contributed by atoms with E-state index in [0.29, 0.717) is 5.82 Å². The molecule has 0 unspecified atom stereocenters. The molecule has 0 aliphatic carbocycles. The summed E-state index contributed by atoms with van der Waals surface area (Å²) in [6.07, 6.45) is 0. The molecule has 0 saturated heterocycles. The van der Waals surface area contributed by atoms with Crippen molar-refractivity contribution >= 4 is 10.8 Å². The summed E-state index contributed by atoms with van der Waals surface area (Å²) in [6, 6.07) is 41.4. The highest BCUT2D eigenvalue weighted by Gasteiger charge is 2.21. The normalized spacial score (nSPS) is 11.7. The molecule has 1 aliphatic heterocycles. The average Bonchev–Trinajstić information content (AvgIpc) is 2.94. The molecule has 0 amide bonds. The summed E-state index contributed by atoms with van der Waals surface area (Å²) in [7, 11) is 0. The van der Waals surface area contributed by atoms with Crippen LogP contribution in [0.15, 0.2) is 121 Å². The van der Waals surface area contributed by atoms with Crippen LogP contribution in [-0.2, 0) is 0 Å². The highest BCUT2D eigenvalue weighted by Crippen LogP contribution is 2.47. The molecule has 0 spiro atoms. The molecular weight excluding hydrogens is 428 g/mol. The van der Waals surface area contributed by atoms with Crippen molar-refractivity contribution in [3.05, 3.63) is 121 Å². The van der Waals surface area contributed by atoms with Crippen LogP contribution in [0.25, 0.3) is 55.8 Å². The van der Waals surface area contributed by atoms with E-state index in [1.54, 1.807) is 0 Å². The molecule has 5 aromatic carbocycles. The van der Waals surface area contributed by atoms with Gasteiger partial charge in [-0.15, -0.1) is 0 Å². The molecule has 3 heteroatoms. The lowest BCUT2D eigenvalue weighted by molar-refractivity contribution is 0.487. The Labute approximate surface area is 203 Å². The van der Waals surface area contributed by atoms with Crippen molar-refractivity contribution in [3.8, 4) is 56.5 Å². The molecule has 0 fully saturated rings. The summed E-state index contributed by atoms with van der Waals surface area (Å²) in [5.74, 6) is 2.47. The third-order valence-electron chi connectivity index (χ3n) is 6.48. The van der Waals surface area contributed by atoms with Gasteiger partial charge in [0.1, 0.15) is 11.5 Å². The molecule has 0 atom stereocenters. The van der Waals surface area contributed by atoms with Crippen LogP contribution in [0.5, 0.6) is 11.5 Å². The Hall–Kier alpha value is -4.76. The summed E-state index contributed by atoms with van der Waals surface area (Å²) >= 11 is 0. The van der Waals surface area contributed by atoms with Crippen molar-refractivity contribution in [2.24, 2.45) is 0 Å². The summed E-state index contributed by atoms with van der Waals surface area (Å²) in [5.41, 5.74) is 7.12. The topological polar surface area (TPSA) is 35.0 Å². The van der Waals surface area contributed by atoms with E-state index in [9.17, 15) is 0 Å². The highest BCUT2D eigenvalue weighted by atomic mass is 16.5. The zero-order valence-electron chi connectivity index (χ0n) is 18.8. The van der Waals surface area contributed by atoms with Crippen LogP contribution in [0, 0.1) is 0 Å². The first-order valence-corrected chi connectivity index (χ1v) is 11.7. The van der Waals surface area contributed by atoms with E-state index in [4.69, 9.17) is 14.7 Å². The molecule has 0 saturated carbocycles. The fourth-order valence-corrected chi connectivity index (χ4v) is 4.79. The minimum atomic E-state index is 0.711. The molecule has 0 radical (unpaired) electrons. The van der Waals surface area contributed by atoms with Gasteiger partial charge < -0.3 is 4.74 Å². The first-order chi connectivity index (χ1) is 17.3. The van der Waals surface area contributed by atoms with Crippen LogP contribution in [0.3, 0.4) is 0 Å². The molecule has 164 valence electrons. The van der Waals surface area contributed by atoms with Gasteiger partial charge in [-0.2, -0.15) is 0 Å². The van der Waals surface area contributed by atoms with Gasteiger partial charge in [-0.1, -0.05) is 91.0 Å². The minimum absolute atomic E-state index is 0.711. The molecule has 2 heterocycles. The van der Waals surface area contributed by atoms with Gasteiger partial charge in [0.05, 0.1) is 11.4 Å². The van der Waals surface area contributed by atoms with Crippen LogP contribution >= 0.6 is 0 Å². The summed E-state index contributed by atoms with van der Waals surface area (Å²) in [6.45, 7) is 0. The fraction of sp³-hybridized carbons (Fsp3) is 0. The number of benzene rings is 5. The van der Waals surface area contributed by atoms with E-state index in [1.807, 2.05) is 66.7 Å². The first-order valence-electron chi connectivity index (χ1n) is 11.7. The maximum atomic E-state index is 6.29. The van der Waals surface area contributed by atoms with E-state index in [-0.39, 0.29) is 0 Å². The first kappa shape index (κ1) is 19.7. The van der Waals surface area contributed by atoms with E-state index >= 15 is 0 Å². The fourth-order valence-electron chi connectivity index (χ4n) is 4.79. The van der Waals surface area contributed by atoms with Gasteiger partial charge in [0.15, 0.2) is 5.82 Å². The Morgan fingerprint density at radius 3 is 1.91 bits per heavy atom. The molecule has 0 N–H and O–H groups in total. The third-order valence-corrected chi connectivity index (χ3v) is 6.48. The van der Waals surface area contributed by atoms with E-state index in [2.05, 4.69) is 54.6 Å². The minimum Gasteiger partial charge on any atom is -0.456 e. The van der Waals surface area contributed by atoms with Gasteiger partial charge in [-0.3, -0.25) is 0 Å². The second kappa shape index (κ2) is 7.93. The van der Waals surface area contributed by atoms with Crippen molar-refractivity contribution in [2.45, 2.75) is 0 Å². The number of hydrogen-bond acceptors (Lipinski definition) is 3. The second-order valence-electron chi connectivity index (χ2n) is 8.67. The van der Waals surface area contributed by atoms with Crippen molar-refractivity contribution in [2.75, 3.05) is 0 Å². The lowest BCUT2D eigenvalue weighted by Crippen LogP contribution is -1.99. The Morgan fingerprint density at radius 2 is 1.14 bits per heavy atom. The summed E-state index contributed by atoms with van der Waals surface area (Å²) in [4.78, 5) is 9.90. The lowest BCUT2D eigenvalue weighted by atomic mass is 9.93. The molecule has 6 aromatic rings. The predicted octanol–water partition coefficient (Wildman–Crippen LogP) is 8.40.